The molecule has 1 aliphatic heterocycles. The third-order valence-electron chi connectivity index (χ3n) is 4.58. The number of amides is 2. The number of nitrogens with zero attached hydrogens (tertiary/aromatic N) is 1. The molecule has 2 heterocycles. The lowest BCUT2D eigenvalue weighted by Crippen LogP contribution is -2.28. The fraction of sp³-hybridized carbons (Fsp3) is 0.588. The van der Waals surface area contributed by atoms with Crippen molar-refractivity contribution < 1.29 is 14.3 Å². The highest BCUT2D eigenvalue weighted by Crippen LogP contribution is 2.27. The lowest BCUT2D eigenvalue weighted by Gasteiger charge is -2.23. The average molecular weight is 317 g/mol. The van der Waals surface area contributed by atoms with Crippen molar-refractivity contribution in [3.05, 3.63) is 18.3 Å². The molecule has 2 amide bonds. The van der Waals surface area contributed by atoms with Gasteiger partial charge in [-0.15, -0.1) is 0 Å². The Labute approximate surface area is 136 Å². The van der Waals surface area contributed by atoms with Gasteiger partial charge in [0.15, 0.2) is 0 Å². The van der Waals surface area contributed by atoms with Crippen LogP contribution < -0.4 is 10.6 Å². The molecule has 6 heteroatoms. The number of rotatable bonds is 6. The molecular formula is C17H23N3O3. The zero-order valence-corrected chi connectivity index (χ0v) is 13.2. The van der Waals surface area contributed by atoms with Crippen molar-refractivity contribution in [1.82, 2.24) is 4.98 Å². The molecule has 2 N–H and O–H groups in total. The van der Waals surface area contributed by atoms with Crippen LogP contribution in [0, 0.1) is 11.8 Å². The van der Waals surface area contributed by atoms with Crippen LogP contribution in [0.5, 0.6) is 0 Å². The predicted octanol–water partition coefficient (Wildman–Crippen LogP) is 2.58. The van der Waals surface area contributed by atoms with Crippen LogP contribution in [0.3, 0.4) is 0 Å². The molecule has 2 fully saturated rings. The number of ether oxygens (including phenoxy) is 1. The van der Waals surface area contributed by atoms with Crippen LogP contribution in [-0.4, -0.2) is 30.0 Å². The summed E-state index contributed by atoms with van der Waals surface area (Å²) in [5, 5.41) is 5.65. The van der Waals surface area contributed by atoms with E-state index in [4.69, 9.17) is 4.74 Å². The van der Waals surface area contributed by atoms with Crippen molar-refractivity contribution in [3.63, 3.8) is 0 Å². The lowest BCUT2D eigenvalue weighted by atomic mass is 9.85. The van der Waals surface area contributed by atoms with Gasteiger partial charge in [-0.1, -0.05) is 6.42 Å². The second-order valence-electron chi connectivity index (χ2n) is 6.37. The van der Waals surface area contributed by atoms with Gasteiger partial charge in [0.1, 0.15) is 5.82 Å². The average Bonchev–Trinajstić information content (AvgIpc) is 2.99. The van der Waals surface area contributed by atoms with Gasteiger partial charge in [0.05, 0.1) is 11.9 Å². The summed E-state index contributed by atoms with van der Waals surface area (Å²) >= 11 is 0. The van der Waals surface area contributed by atoms with E-state index in [9.17, 15) is 9.59 Å². The summed E-state index contributed by atoms with van der Waals surface area (Å²) < 4.78 is 5.30. The normalized spacial score (nSPS) is 20.8. The monoisotopic (exact) mass is 317 g/mol. The van der Waals surface area contributed by atoms with E-state index in [-0.39, 0.29) is 17.7 Å². The Balaban J connectivity index is 1.42. The predicted molar refractivity (Wildman–Crippen MR) is 87.0 cm³/mol. The number of aromatic nitrogens is 1. The molecule has 124 valence electrons. The molecule has 1 unspecified atom stereocenters. The van der Waals surface area contributed by atoms with Crippen molar-refractivity contribution in [2.75, 3.05) is 23.8 Å². The fourth-order valence-corrected chi connectivity index (χ4v) is 2.81. The Bertz CT molecular complexity index is 549. The molecule has 1 aliphatic carbocycles. The number of anilines is 2. The van der Waals surface area contributed by atoms with Gasteiger partial charge in [0.2, 0.25) is 11.8 Å². The van der Waals surface area contributed by atoms with Gasteiger partial charge in [-0.3, -0.25) is 9.59 Å². The molecule has 3 rings (SSSR count). The summed E-state index contributed by atoms with van der Waals surface area (Å²) in [5.41, 5.74) is 0.669. The van der Waals surface area contributed by atoms with Crippen LogP contribution in [0.1, 0.15) is 38.5 Å². The van der Waals surface area contributed by atoms with Crippen LogP contribution in [0.4, 0.5) is 11.5 Å². The topological polar surface area (TPSA) is 80.3 Å². The van der Waals surface area contributed by atoms with Gasteiger partial charge in [-0.25, -0.2) is 4.98 Å². The Morgan fingerprint density at radius 1 is 1.22 bits per heavy atom. The maximum absolute atomic E-state index is 11.9. The maximum Gasteiger partial charge on any atom is 0.227 e. The number of carbonyl (C=O) groups is 2. The Morgan fingerprint density at radius 3 is 2.70 bits per heavy atom. The zero-order chi connectivity index (χ0) is 16.1. The van der Waals surface area contributed by atoms with E-state index in [1.807, 2.05) is 0 Å². The van der Waals surface area contributed by atoms with E-state index < -0.39 is 0 Å². The van der Waals surface area contributed by atoms with E-state index in [0.29, 0.717) is 23.8 Å². The molecule has 1 saturated heterocycles. The van der Waals surface area contributed by atoms with Gasteiger partial charge in [0, 0.05) is 25.6 Å². The van der Waals surface area contributed by atoms with Crippen LogP contribution in [-0.2, 0) is 14.3 Å². The Morgan fingerprint density at radius 2 is 2.09 bits per heavy atom. The summed E-state index contributed by atoms with van der Waals surface area (Å²) in [6.45, 7) is 1.57. The summed E-state index contributed by atoms with van der Waals surface area (Å²) in [6.07, 6.45) is 7.03. The van der Waals surface area contributed by atoms with E-state index in [2.05, 4.69) is 15.6 Å². The van der Waals surface area contributed by atoms with Crippen LogP contribution in [0.25, 0.3) is 0 Å². The Kier molecular flexibility index (Phi) is 5.23. The summed E-state index contributed by atoms with van der Waals surface area (Å²) in [7, 11) is 0. The SMILES string of the molecule is O=C(CCC1CCOC1)Nc1ccc(NC(=O)C2CCC2)cn1. The third-order valence-corrected chi connectivity index (χ3v) is 4.58. The van der Waals surface area contributed by atoms with Crippen molar-refractivity contribution in [3.8, 4) is 0 Å². The number of nitrogens with one attached hydrogen (secondary N) is 2. The molecule has 1 atom stereocenters. The molecule has 0 radical (unpaired) electrons. The second-order valence-corrected chi connectivity index (χ2v) is 6.37. The molecule has 23 heavy (non-hydrogen) atoms. The lowest BCUT2D eigenvalue weighted by molar-refractivity contribution is -0.122. The van der Waals surface area contributed by atoms with E-state index >= 15 is 0 Å². The van der Waals surface area contributed by atoms with Crippen molar-refractivity contribution in [2.24, 2.45) is 11.8 Å². The quantitative estimate of drug-likeness (QED) is 0.845. The molecule has 2 aliphatic rings. The second kappa shape index (κ2) is 7.55. The first-order chi connectivity index (χ1) is 11.2. The largest absolute Gasteiger partial charge is 0.381 e. The van der Waals surface area contributed by atoms with Gasteiger partial charge >= 0.3 is 0 Å². The first-order valence-electron chi connectivity index (χ1n) is 8.35. The summed E-state index contributed by atoms with van der Waals surface area (Å²) in [4.78, 5) is 27.9. The van der Waals surface area contributed by atoms with Gasteiger partial charge in [0.25, 0.3) is 0 Å². The highest BCUT2D eigenvalue weighted by molar-refractivity contribution is 5.93. The first-order valence-corrected chi connectivity index (χ1v) is 8.35. The minimum atomic E-state index is -0.0318. The molecule has 1 aromatic heterocycles. The van der Waals surface area contributed by atoms with Crippen molar-refractivity contribution in [1.29, 1.82) is 0 Å². The fourth-order valence-electron chi connectivity index (χ4n) is 2.81. The number of pyridine rings is 1. The molecular weight excluding hydrogens is 294 g/mol. The van der Waals surface area contributed by atoms with Gasteiger partial charge in [-0.05, 0) is 43.7 Å². The summed E-state index contributed by atoms with van der Waals surface area (Å²) in [5.74, 6) is 1.19. The first kappa shape index (κ1) is 15.9. The molecule has 0 spiro atoms. The minimum Gasteiger partial charge on any atom is -0.381 e. The highest BCUT2D eigenvalue weighted by Gasteiger charge is 2.25. The zero-order valence-electron chi connectivity index (χ0n) is 13.2. The molecule has 0 aromatic carbocycles. The Hall–Kier alpha value is -1.95. The van der Waals surface area contributed by atoms with E-state index in [1.54, 1.807) is 18.3 Å². The number of hydrogen-bond acceptors (Lipinski definition) is 4. The molecule has 0 bridgehead atoms. The van der Waals surface area contributed by atoms with Crippen molar-refractivity contribution >= 4 is 23.3 Å². The smallest absolute Gasteiger partial charge is 0.227 e. The summed E-state index contributed by atoms with van der Waals surface area (Å²) in [6, 6.07) is 3.48. The number of carbonyl (C=O) groups excluding carboxylic acids is 2. The van der Waals surface area contributed by atoms with Crippen molar-refractivity contribution in [2.45, 2.75) is 38.5 Å². The standard InChI is InChI=1S/C17H23N3O3/c21-16(7-4-12-8-9-23-11-12)20-15-6-5-14(10-18-15)19-17(22)13-2-1-3-13/h5-6,10,12-13H,1-4,7-9,11H2,(H,19,22)(H,18,20,21). The third kappa shape index (κ3) is 4.51. The molecule has 1 aromatic rings. The van der Waals surface area contributed by atoms with Crippen LogP contribution in [0.2, 0.25) is 0 Å². The molecule has 1 saturated carbocycles. The highest BCUT2D eigenvalue weighted by atomic mass is 16.5. The van der Waals surface area contributed by atoms with Gasteiger partial charge in [-0.2, -0.15) is 0 Å². The van der Waals surface area contributed by atoms with Crippen LogP contribution >= 0.6 is 0 Å². The van der Waals surface area contributed by atoms with Crippen LogP contribution in [0.15, 0.2) is 18.3 Å². The van der Waals surface area contributed by atoms with E-state index in [1.165, 1.54) is 0 Å². The minimum absolute atomic E-state index is 0.0318. The number of hydrogen-bond donors (Lipinski definition) is 2. The van der Waals surface area contributed by atoms with E-state index in [0.717, 1.165) is 45.3 Å². The molecule has 6 nitrogen and oxygen atoms in total. The maximum atomic E-state index is 11.9. The van der Waals surface area contributed by atoms with Gasteiger partial charge < -0.3 is 15.4 Å².